The highest BCUT2D eigenvalue weighted by Gasteiger charge is 2.30. The third-order valence-electron chi connectivity index (χ3n) is 3.37. The Balaban J connectivity index is 2.09. The molecular weight excluding hydrogens is 200 g/mol. The van der Waals surface area contributed by atoms with Gasteiger partial charge in [-0.1, -0.05) is 6.92 Å². The van der Waals surface area contributed by atoms with Crippen LogP contribution in [0.25, 0.3) is 0 Å². The maximum atomic E-state index is 5.44. The minimum atomic E-state index is 0.192. The summed E-state index contributed by atoms with van der Waals surface area (Å²) in [6.45, 7) is 11.1. The molecule has 1 aromatic rings. The smallest absolute Gasteiger partial charge is 0.117 e. The summed E-state index contributed by atoms with van der Waals surface area (Å²) in [6.07, 6.45) is 1.75. The zero-order valence-corrected chi connectivity index (χ0v) is 10.5. The molecule has 1 aromatic heterocycles. The summed E-state index contributed by atoms with van der Waals surface area (Å²) in [4.78, 5) is 2.51. The van der Waals surface area contributed by atoms with E-state index in [0.29, 0.717) is 5.92 Å². The molecule has 1 saturated heterocycles. The zero-order valence-electron chi connectivity index (χ0n) is 10.5. The number of hydrogen-bond acceptors (Lipinski definition) is 3. The Labute approximate surface area is 97.8 Å². The summed E-state index contributed by atoms with van der Waals surface area (Å²) in [5.74, 6) is 1.75. The maximum absolute atomic E-state index is 5.44. The standard InChI is InChI=1S/C13H22N2O/c1-11-7-14-10-13(2,3)15(8-11)9-12-5-4-6-16-12/h4-6,11,14H,7-10H2,1-3H3. The second-order valence-corrected chi connectivity index (χ2v) is 5.51. The minimum absolute atomic E-state index is 0.192. The Morgan fingerprint density at radius 1 is 1.56 bits per heavy atom. The van der Waals surface area contributed by atoms with Gasteiger partial charge < -0.3 is 9.73 Å². The van der Waals surface area contributed by atoms with Crippen molar-refractivity contribution in [2.45, 2.75) is 32.9 Å². The van der Waals surface area contributed by atoms with Crippen molar-refractivity contribution in [3.05, 3.63) is 24.2 Å². The van der Waals surface area contributed by atoms with Crippen molar-refractivity contribution in [3.63, 3.8) is 0 Å². The SMILES string of the molecule is CC1CNCC(C)(C)N(Cc2ccco2)C1. The van der Waals surface area contributed by atoms with E-state index in [1.807, 2.05) is 6.07 Å². The summed E-state index contributed by atoms with van der Waals surface area (Å²) in [6, 6.07) is 4.01. The van der Waals surface area contributed by atoms with Crippen LogP contribution in [0.3, 0.4) is 0 Å². The summed E-state index contributed by atoms with van der Waals surface area (Å²) in [5, 5.41) is 3.52. The Kier molecular flexibility index (Phi) is 3.36. The second kappa shape index (κ2) is 4.60. The van der Waals surface area contributed by atoms with Gasteiger partial charge in [-0.05, 0) is 38.4 Å². The fourth-order valence-electron chi connectivity index (χ4n) is 2.29. The van der Waals surface area contributed by atoms with E-state index >= 15 is 0 Å². The van der Waals surface area contributed by atoms with Crippen molar-refractivity contribution in [2.75, 3.05) is 19.6 Å². The van der Waals surface area contributed by atoms with Gasteiger partial charge in [0.2, 0.25) is 0 Å². The fourth-order valence-corrected chi connectivity index (χ4v) is 2.29. The summed E-state index contributed by atoms with van der Waals surface area (Å²) in [5.41, 5.74) is 0.192. The van der Waals surface area contributed by atoms with Crippen LogP contribution in [-0.2, 0) is 6.54 Å². The highest BCUT2D eigenvalue weighted by molar-refractivity contribution is 5.00. The van der Waals surface area contributed by atoms with Gasteiger partial charge in [0, 0.05) is 18.6 Å². The van der Waals surface area contributed by atoms with E-state index in [4.69, 9.17) is 4.42 Å². The molecule has 1 N–H and O–H groups in total. The molecule has 0 radical (unpaired) electrons. The summed E-state index contributed by atoms with van der Waals surface area (Å²) in [7, 11) is 0. The van der Waals surface area contributed by atoms with Gasteiger partial charge >= 0.3 is 0 Å². The number of furan rings is 1. The molecular formula is C13H22N2O. The van der Waals surface area contributed by atoms with Gasteiger partial charge in [0.05, 0.1) is 12.8 Å². The molecule has 16 heavy (non-hydrogen) atoms. The molecule has 3 nitrogen and oxygen atoms in total. The van der Waals surface area contributed by atoms with Gasteiger partial charge in [-0.2, -0.15) is 0 Å². The van der Waals surface area contributed by atoms with Crippen LogP contribution < -0.4 is 5.32 Å². The van der Waals surface area contributed by atoms with Gasteiger partial charge in [0.15, 0.2) is 0 Å². The van der Waals surface area contributed by atoms with E-state index in [0.717, 1.165) is 31.9 Å². The largest absolute Gasteiger partial charge is 0.468 e. The lowest BCUT2D eigenvalue weighted by molar-refractivity contribution is 0.104. The Bertz CT molecular complexity index is 319. The van der Waals surface area contributed by atoms with E-state index in [-0.39, 0.29) is 5.54 Å². The molecule has 0 bridgehead atoms. The molecule has 0 aliphatic carbocycles. The van der Waals surface area contributed by atoms with Crippen LogP contribution in [0.4, 0.5) is 0 Å². The number of nitrogens with zero attached hydrogens (tertiary/aromatic N) is 1. The molecule has 1 aliphatic heterocycles. The molecule has 1 fully saturated rings. The van der Waals surface area contributed by atoms with Crippen molar-refractivity contribution in [1.29, 1.82) is 0 Å². The average molecular weight is 222 g/mol. The Hall–Kier alpha value is -0.800. The molecule has 0 aromatic carbocycles. The molecule has 90 valence electrons. The van der Waals surface area contributed by atoms with Gasteiger partial charge in [0.1, 0.15) is 5.76 Å². The number of hydrogen-bond donors (Lipinski definition) is 1. The highest BCUT2D eigenvalue weighted by Crippen LogP contribution is 2.21. The maximum Gasteiger partial charge on any atom is 0.117 e. The molecule has 0 spiro atoms. The first kappa shape index (κ1) is 11.7. The quantitative estimate of drug-likeness (QED) is 0.830. The highest BCUT2D eigenvalue weighted by atomic mass is 16.3. The van der Waals surface area contributed by atoms with Crippen LogP contribution in [0.1, 0.15) is 26.5 Å². The van der Waals surface area contributed by atoms with E-state index in [9.17, 15) is 0 Å². The predicted octanol–water partition coefficient (Wildman–Crippen LogP) is 2.10. The second-order valence-electron chi connectivity index (χ2n) is 5.51. The van der Waals surface area contributed by atoms with Crippen molar-refractivity contribution >= 4 is 0 Å². The predicted molar refractivity (Wildman–Crippen MR) is 65.2 cm³/mol. The first-order valence-electron chi connectivity index (χ1n) is 6.06. The molecule has 1 unspecified atom stereocenters. The Morgan fingerprint density at radius 2 is 2.38 bits per heavy atom. The molecule has 0 amide bonds. The molecule has 3 heteroatoms. The third kappa shape index (κ3) is 2.66. The van der Waals surface area contributed by atoms with E-state index in [1.165, 1.54) is 0 Å². The monoisotopic (exact) mass is 222 g/mol. The first-order chi connectivity index (χ1) is 7.58. The lowest BCUT2D eigenvalue weighted by Gasteiger charge is -2.36. The van der Waals surface area contributed by atoms with Gasteiger partial charge in [0.25, 0.3) is 0 Å². The summed E-state index contributed by atoms with van der Waals surface area (Å²) < 4.78 is 5.44. The van der Waals surface area contributed by atoms with Crippen LogP contribution in [0, 0.1) is 5.92 Å². The fraction of sp³-hybridized carbons (Fsp3) is 0.692. The van der Waals surface area contributed by atoms with E-state index in [1.54, 1.807) is 6.26 Å². The lowest BCUT2D eigenvalue weighted by Crippen LogP contribution is -2.48. The van der Waals surface area contributed by atoms with Crippen LogP contribution >= 0.6 is 0 Å². The van der Waals surface area contributed by atoms with Crippen LogP contribution in [0.15, 0.2) is 22.8 Å². The van der Waals surface area contributed by atoms with Crippen molar-refractivity contribution in [1.82, 2.24) is 10.2 Å². The average Bonchev–Trinajstić information content (AvgIpc) is 2.64. The molecule has 1 atom stereocenters. The molecule has 2 heterocycles. The third-order valence-corrected chi connectivity index (χ3v) is 3.37. The van der Waals surface area contributed by atoms with Crippen LogP contribution in [0.5, 0.6) is 0 Å². The summed E-state index contributed by atoms with van der Waals surface area (Å²) >= 11 is 0. The zero-order chi connectivity index (χ0) is 11.6. The lowest BCUT2D eigenvalue weighted by atomic mass is 10.0. The van der Waals surface area contributed by atoms with Crippen molar-refractivity contribution in [3.8, 4) is 0 Å². The Morgan fingerprint density at radius 3 is 3.06 bits per heavy atom. The van der Waals surface area contributed by atoms with Crippen molar-refractivity contribution in [2.24, 2.45) is 5.92 Å². The topological polar surface area (TPSA) is 28.4 Å². The van der Waals surface area contributed by atoms with E-state index < -0.39 is 0 Å². The van der Waals surface area contributed by atoms with Crippen LogP contribution in [-0.4, -0.2) is 30.1 Å². The minimum Gasteiger partial charge on any atom is -0.468 e. The van der Waals surface area contributed by atoms with E-state index in [2.05, 4.69) is 37.1 Å². The van der Waals surface area contributed by atoms with Crippen molar-refractivity contribution < 1.29 is 4.42 Å². The first-order valence-corrected chi connectivity index (χ1v) is 6.06. The molecule has 2 rings (SSSR count). The van der Waals surface area contributed by atoms with Crippen LogP contribution in [0.2, 0.25) is 0 Å². The molecule has 1 aliphatic rings. The molecule has 0 saturated carbocycles. The normalized spacial score (nSPS) is 26.6. The van der Waals surface area contributed by atoms with Gasteiger partial charge in [-0.25, -0.2) is 0 Å². The number of nitrogens with one attached hydrogen (secondary N) is 1. The number of rotatable bonds is 2. The van der Waals surface area contributed by atoms with Gasteiger partial charge in [-0.15, -0.1) is 0 Å². The van der Waals surface area contributed by atoms with Gasteiger partial charge in [-0.3, -0.25) is 4.90 Å².